The van der Waals surface area contributed by atoms with Crippen LogP contribution in [0.25, 0.3) is 0 Å². The van der Waals surface area contributed by atoms with Crippen LogP contribution in [0.4, 0.5) is 0 Å². The highest BCUT2D eigenvalue weighted by Crippen LogP contribution is 2.13. The Bertz CT molecular complexity index is 317. The average molecular weight is 306 g/mol. The van der Waals surface area contributed by atoms with Crippen LogP contribution in [0.1, 0.15) is 16.8 Å². The van der Waals surface area contributed by atoms with Gasteiger partial charge in [0.2, 0.25) is 0 Å². The molecular weight excluding hydrogens is 295 g/mol. The van der Waals surface area contributed by atoms with Crippen LogP contribution in [0.3, 0.4) is 0 Å². The zero-order valence-electron chi connectivity index (χ0n) is 7.53. The van der Waals surface area contributed by atoms with Gasteiger partial charge in [0, 0.05) is 17.2 Å². The Morgan fingerprint density at radius 2 is 2.43 bits per heavy atom. The monoisotopic (exact) mass is 306 g/mol. The molecular formula is C9H11IN2O2. The van der Waals surface area contributed by atoms with Crippen LogP contribution in [0, 0.1) is 0 Å². The second kappa shape index (κ2) is 5.79. The second-order valence-electron chi connectivity index (χ2n) is 2.69. The molecule has 0 aliphatic carbocycles. The molecule has 1 amide bonds. The summed E-state index contributed by atoms with van der Waals surface area (Å²) in [6.07, 6.45) is 3.67. The van der Waals surface area contributed by atoms with Crippen molar-refractivity contribution in [3.63, 3.8) is 0 Å². The number of hydrogen-bond donors (Lipinski definition) is 2. The highest BCUT2D eigenvalue weighted by Gasteiger charge is 2.08. The molecule has 76 valence electrons. The highest BCUT2D eigenvalue weighted by atomic mass is 127. The SMILES string of the molecule is O=C(NCCCI)c1ccncc1O. The summed E-state index contributed by atoms with van der Waals surface area (Å²) in [6, 6.07) is 1.49. The van der Waals surface area contributed by atoms with Crippen molar-refractivity contribution >= 4 is 28.5 Å². The van der Waals surface area contributed by atoms with Gasteiger partial charge in [0.15, 0.2) is 0 Å². The van der Waals surface area contributed by atoms with Gasteiger partial charge in [0.05, 0.1) is 11.8 Å². The third kappa shape index (κ3) is 3.13. The molecule has 0 spiro atoms. The minimum Gasteiger partial charge on any atom is -0.505 e. The number of aromatic nitrogens is 1. The van der Waals surface area contributed by atoms with Crippen molar-refractivity contribution in [1.82, 2.24) is 10.3 Å². The van der Waals surface area contributed by atoms with Gasteiger partial charge < -0.3 is 10.4 Å². The van der Waals surface area contributed by atoms with E-state index in [9.17, 15) is 9.90 Å². The average Bonchev–Trinajstić information content (AvgIpc) is 2.18. The Morgan fingerprint density at radius 1 is 1.64 bits per heavy atom. The fraction of sp³-hybridized carbons (Fsp3) is 0.333. The van der Waals surface area contributed by atoms with Crippen LogP contribution < -0.4 is 5.32 Å². The summed E-state index contributed by atoms with van der Waals surface area (Å²) in [5.41, 5.74) is 0.272. The van der Waals surface area contributed by atoms with Gasteiger partial charge in [-0.25, -0.2) is 0 Å². The molecule has 1 heterocycles. The molecule has 1 aromatic heterocycles. The number of nitrogens with one attached hydrogen (secondary N) is 1. The molecule has 1 aromatic rings. The third-order valence-electron chi connectivity index (χ3n) is 1.64. The lowest BCUT2D eigenvalue weighted by Crippen LogP contribution is -2.24. The van der Waals surface area contributed by atoms with E-state index in [0.717, 1.165) is 10.8 Å². The summed E-state index contributed by atoms with van der Waals surface area (Å²) >= 11 is 2.24. The van der Waals surface area contributed by atoms with Gasteiger partial charge in [-0.2, -0.15) is 0 Å². The first-order chi connectivity index (χ1) is 6.75. The maximum Gasteiger partial charge on any atom is 0.255 e. The highest BCUT2D eigenvalue weighted by molar-refractivity contribution is 14.1. The standard InChI is InChI=1S/C9H11IN2O2/c10-3-1-4-12-9(14)7-2-5-11-6-8(7)13/h2,5-6,13H,1,3-4H2,(H,12,14). The van der Waals surface area contributed by atoms with Crippen molar-refractivity contribution < 1.29 is 9.90 Å². The van der Waals surface area contributed by atoms with E-state index in [4.69, 9.17) is 0 Å². The lowest BCUT2D eigenvalue weighted by molar-refractivity contribution is 0.0951. The fourth-order valence-corrected chi connectivity index (χ4v) is 1.32. The summed E-state index contributed by atoms with van der Waals surface area (Å²) < 4.78 is 1.00. The van der Waals surface area contributed by atoms with Crippen LogP contribution in [0.5, 0.6) is 5.75 Å². The second-order valence-corrected chi connectivity index (χ2v) is 3.77. The normalized spacial score (nSPS) is 9.79. The minimum atomic E-state index is -0.255. The molecule has 0 atom stereocenters. The molecule has 0 aliphatic rings. The first-order valence-electron chi connectivity index (χ1n) is 4.23. The Labute approximate surface area is 95.9 Å². The molecule has 14 heavy (non-hydrogen) atoms. The molecule has 0 bridgehead atoms. The number of halogens is 1. The fourth-order valence-electron chi connectivity index (χ4n) is 0.942. The smallest absolute Gasteiger partial charge is 0.255 e. The van der Waals surface area contributed by atoms with Crippen molar-refractivity contribution in [2.45, 2.75) is 6.42 Å². The van der Waals surface area contributed by atoms with E-state index < -0.39 is 0 Å². The lowest BCUT2D eigenvalue weighted by atomic mass is 10.2. The van der Waals surface area contributed by atoms with Crippen molar-refractivity contribution in [3.8, 4) is 5.75 Å². The summed E-state index contributed by atoms with van der Waals surface area (Å²) in [5, 5.41) is 12.0. The van der Waals surface area contributed by atoms with E-state index >= 15 is 0 Å². The molecule has 2 N–H and O–H groups in total. The first-order valence-corrected chi connectivity index (χ1v) is 5.75. The van der Waals surface area contributed by atoms with Crippen LogP contribution in [0.15, 0.2) is 18.5 Å². The number of alkyl halides is 1. The van der Waals surface area contributed by atoms with Crippen molar-refractivity contribution in [2.24, 2.45) is 0 Å². The van der Waals surface area contributed by atoms with E-state index in [0.29, 0.717) is 6.54 Å². The number of amides is 1. The Kier molecular flexibility index (Phi) is 4.64. The number of rotatable bonds is 4. The molecule has 0 aliphatic heterocycles. The third-order valence-corrected chi connectivity index (χ3v) is 2.40. The van der Waals surface area contributed by atoms with Gasteiger partial charge in [0.25, 0.3) is 5.91 Å². The topological polar surface area (TPSA) is 62.2 Å². The molecule has 1 rings (SSSR count). The molecule has 0 unspecified atom stereocenters. The maximum absolute atomic E-state index is 11.4. The van der Waals surface area contributed by atoms with Gasteiger partial charge in [-0.05, 0) is 12.5 Å². The van der Waals surface area contributed by atoms with E-state index in [1.807, 2.05) is 0 Å². The molecule has 0 aromatic carbocycles. The number of pyridine rings is 1. The zero-order chi connectivity index (χ0) is 10.4. The molecule has 0 saturated heterocycles. The van der Waals surface area contributed by atoms with E-state index in [1.165, 1.54) is 18.5 Å². The predicted octanol–water partition coefficient (Wildman–Crippen LogP) is 1.34. The van der Waals surface area contributed by atoms with Gasteiger partial charge in [-0.3, -0.25) is 9.78 Å². The van der Waals surface area contributed by atoms with Crippen LogP contribution in [-0.4, -0.2) is 27.0 Å². The van der Waals surface area contributed by atoms with E-state index in [1.54, 1.807) is 0 Å². The van der Waals surface area contributed by atoms with Crippen molar-refractivity contribution in [2.75, 3.05) is 11.0 Å². The minimum absolute atomic E-state index is 0.0838. The Hall–Kier alpha value is -0.850. The number of carbonyl (C=O) groups excluding carboxylic acids is 1. The van der Waals surface area contributed by atoms with E-state index in [-0.39, 0.29) is 17.2 Å². The van der Waals surface area contributed by atoms with Crippen molar-refractivity contribution in [1.29, 1.82) is 0 Å². The van der Waals surface area contributed by atoms with Crippen molar-refractivity contribution in [3.05, 3.63) is 24.0 Å². The van der Waals surface area contributed by atoms with Gasteiger partial charge in [-0.1, -0.05) is 22.6 Å². The Balaban J connectivity index is 2.56. The number of carbonyl (C=O) groups is 1. The maximum atomic E-state index is 11.4. The van der Waals surface area contributed by atoms with Crippen LogP contribution in [0.2, 0.25) is 0 Å². The molecule has 5 heteroatoms. The molecule has 0 radical (unpaired) electrons. The van der Waals surface area contributed by atoms with Gasteiger partial charge in [-0.15, -0.1) is 0 Å². The van der Waals surface area contributed by atoms with Crippen LogP contribution in [-0.2, 0) is 0 Å². The zero-order valence-corrected chi connectivity index (χ0v) is 9.69. The number of aromatic hydroxyl groups is 1. The quantitative estimate of drug-likeness (QED) is 0.501. The Morgan fingerprint density at radius 3 is 3.07 bits per heavy atom. The molecule has 4 nitrogen and oxygen atoms in total. The number of nitrogens with zero attached hydrogens (tertiary/aromatic N) is 1. The summed E-state index contributed by atoms with van der Waals surface area (Å²) in [6.45, 7) is 0.629. The molecule has 0 fully saturated rings. The van der Waals surface area contributed by atoms with Gasteiger partial charge in [0.1, 0.15) is 5.75 Å². The summed E-state index contributed by atoms with van der Waals surface area (Å²) in [4.78, 5) is 15.1. The summed E-state index contributed by atoms with van der Waals surface area (Å²) in [5.74, 6) is -0.339. The lowest BCUT2D eigenvalue weighted by Gasteiger charge is -2.04. The predicted molar refractivity (Wildman–Crippen MR) is 61.7 cm³/mol. The van der Waals surface area contributed by atoms with Gasteiger partial charge >= 0.3 is 0 Å². The summed E-state index contributed by atoms with van der Waals surface area (Å²) in [7, 11) is 0. The molecule has 0 saturated carbocycles. The van der Waals surface area contributed by atoms with Crippen LogP contribution >= 0.6 is 22.6 Å². The number of hydrogen-bond acceptors (Lipinski definition) is 3. The largest absolute Gasteiger partial charge is 0.505 e. The first kappa shape index (κ1) is 11.2. The van der Waals surface area contributed by atoms with E-state index in [2.05, 4.69) is 32.9 Å².